The van der Waals surface area contributed by atoms with Gasteiger partial charge in [-0.25, -0.2) is 4.79 Å². The molecule has 0 atom stereocenters. The predicted octanol–water partition coefficient (Wildman–Crippen LogP) is 1.18. The summed E-state index contributed by atoms with van der Waals surface area (Å²) in [6.07, 6.45) is 5.29. The highest BCUT2D eigenvalue weighted by molar-refractivity contribution is 5.82. The van der Waals surface area contributed by atoms with Crippen molar-refractivity contribution >= 4 is 11.9 Å². The third-order valence-corrected chi connectivity index (χ3v) is 0.943. The molecule has 4 heteroatoms. The van der Waals surface area contributed by atoms with Crippen LogP contribution in [0.3, 0.4) is 0 Å². The predicted molar refractivity (Wildman–Crippen MR) is 46.7 cm³/mol. The number of carbonyl (C=O) groups is 2. The summed E-state index contributed by atoms with van der Waals surface area (Å²) in [5.74, 6) is -0.823. The van der Waals surface area contributed by atoms with Gasteiger partial charge in [-0.05, 0) is 13.0 Å². The summed E-state index contributed by atoms with van der Waals surface area (Å²) in [7, 11) is 0. The number of rotatable bonds is 4. The van der Waals surface area contributed by atoms with E-state index >= 15 is 0 Å². The van der Waals surface area contributed by atoms with E-state index in [4.69, 9.17) is 0 Å². The quantitative estimate of drug-likeness (QED) is 0.285. The number of hydrogen-bond acceptors (Lipinski definition) is 4. The van der Waals surface area contributed by atoms with Crippen LogP contribution in [0.25, 0.3) is 0 Å². The van der Waals surface area contributed by atoms with Gasteiger partial charge in [0.15, 0.2) is 0 Å². The van der Waals surface area contributed by atoms with Crippen LogP contribution in [0.2, 0.25) is 0 Å². The van der Waals surface area contributed by atoms with Crippen LogP contribution in [0.15, 0.2) is 24.5 Å². The molecule has 72 valence electrons. The van der Waals surface area contributed by atoms with Crippen molar-refractivity contribution in [2.24, 2.45) is 0 Å². The molecule has 13 heavy (non-hydrogen) atoms. The van der Waals surface area contributed by atoms with Crippen molar-refractivity contribution in [2.45, 2.75) is 13.8 Å². The Morgan fingerprint density at radius 3 is 2.54 bits per heavy atom. The van der Waals surface area contributed by atoms with Gasteiger partial charge in [0.1, 0.15) is 0 Å². The molecule has 4 nitrogen and oxygen atoms in total. The van der Waals surface area contributed by atoms with Crippen LogP contribution >= 0.6 is 0 Å². The number of allylic oxidation sites excluding steroid dienone is 2. The van der Waals surface area contributed by atoms with Crippen LogP contribution in [-0.4, -0.2) is 18.5 Å². The Hall–Kier alpha value is -1.58. The lowest BCUT2D eigenvalue weighted by atomic mass is 10.5. The standard InChI is InChI=1S/C9H12O4/c1-3-12-9(11)6-4-5-7-13-8(2)10/h4-7H,3H2,1-2H3/b6-4+,7-5-. The van der Waals surface area contributed by atoms with Gasteiger partial charge in [-0.1, -0.05) is 6.08 Å². The molecule has 0 saturated carbocycles. The molecule has 0 amide bonds. The van der Waals surface area contributed by atoms with E-state index in [1.54, 1.807) is 6.92 Å². The highest BCUT2D eigenvalue weighted by Crippen LogP contribution is 1.84. The maximum Gasteiger partial charge on any atom is 0.330 e. The molecule has 0 spiro atoms. The maximum absolute atomic E-state index is 10.7. The van der Waals surface area contributed by atoms with Gasteiger partial charge in [0.25, 0.3) is 0 Å². The highest BCUT2D eigenvalue weighted by Gasteiger charge is 1.90. The van der Waals surface area contributed by atoms with Crippen LogP contribution in [0.1, 0.15) is 13.8 Å². The zero-order chi connectivity index (χ0) is 10.1. The fourth-order valence-corrected chi connectivity index (χ4v) is 0.505. The molecule has 0 aliphatic carbocycles. The first-order valence-electron chi connectivity index (χ1n) is 3.84. The Bertz CT molecular complexity index is 228. The van der Waals surface area contributed by atoms with Crippen LogP contribution in [-0.2, 0) is 19.1 Å². The molecule has 0 N–H and O–H groups in total. The molecule has 0 radical (unpaired) electrons. The van der Waals surface area contributed by atoms with Crippen LogP contribution in [0.4, 0.5) is 0 Å². The summed E-state index contributed by atoms with van der Waals surface area (Å²) >= 11 is 0. The first-order valence-corrected chi connectivity index (χ1v) is 3.84. The fourth-order valence-electron chi connectivity index (χ4n) is 0.505. The summed E-state index contributed by atoms with van der Waals surface area (Å²) in [5.41, 5.74) is 0. The lowest BCUT2D eigenvalue weighted by Gasteiger charge is -1.92. The minimum atomic E-state index is -0.421. The first kappa shape index (κ1) is 11.4. The van der Waals surface area contributed by atoms with Crippen molar-refractivity contribution < 1.29 is 19.1 Å². The Morgan fingerprint density at radius 1 is 1.31 bits per heavy atom. The largest absolute Gasteiger partial charge is 0.463 e. The second-order valence-electron chi connectivity index (χ2n) is 2.05. The maximum atomic E-state index is 10.7. The SMILES string of the molecule is CCOC(=O)/C=C/C=C\OC(C)=O. The summed E-state index contributed by atoms with van der Waals surface area (Å²) in [4.78, 5) is 20.9. The lowest BCUT2D eigenvalue weighted by Crippen LogP contribution is -1.98. The first-order chi connectivity index (χ1) is 6.16. The zero-order valence-corrected chi connectivity index (χ0v) is 7.65. The van der Waals surface area contributed by atoms with Gasteiger partial charge < -0.3 is 9.47 Å². The Kier molecular flexibility index (Phi) is 6.23. The average Bonchev–Trinajstić information content (AvgIpc) is 2.03. The molecule has 0 rings (SSSR count). The Morgan fingerprint density at radius 2 is 2.00 bits per heavy atom. The molecular formula is C9H12O4. The second-order valence-corrected chi connectivity index (χ2v) is 2.05. The zero-order valence-electron chi connectivity index (χ0n) is 7.65. The molecule has 0 aromatic carbocycles. The molecule has 0 aliphatic rings. The van der Waals surface area contributed by atoms with E-state index in [1.165, 1.54) is 31.4 Å². The van der Waals surface area contributed by atoms with Gasteiger partial charge in [-0.15, -0.1) is 0 Å². The number of hydrogen-bond donors (Lipinski definition) is 0. The number of ether oxygens (including phenoxy) is 2. The van der Waals surface area contributed by atoms with E-state index in [1.807, 2.05) is 0 Å². The van der Waals surface area contributed by atoms with Gasteiger partial charge in [-0.2, -0.15) is 0 Å². The molecule has 0 saturated heterocycles. The van der Waals surface area contributed by atoms with Gasteiger partial charge in [0, 0.05) is 13.0 Å². The molecule has 0 aromatic rings. The summed E-state index contributed by atoms with van der Waals surface area (Å²) in [6, 6.07) is 0. The monoisotopic (exact) mass is 184 g/mol. The van der Waals surface area contributed by atoms with Crippen molar-refractivity contribution in [2.75, 3.05) is 6.61 Å². The van der Waals surface area contributed by atoms with Crippen molar-refractivity contribution in [3.63, 3.8) is 0 Å². The van der Waals surface area contributed by atoms with E-state index < -0.39 is 11.9 Å². The molecule has 0 aromatic heterocycles. The summed E-state index contributed by atoms with van der Waals surface area (Å²) in [5, 5.41) is 0. The topological polar surface area (TPSA) is 52.6 Å². The summed E-state index contributed by atoms with van der Waals surface area (Å²) in [6.45, 7) is 3.36. The lowest BCUT2D eigenvalue weighted by molar-refractivity contribution is -0.137. The van der Waals surface area contributed by atoms with Crippen LogP contribution < -0.4 is 0 Å². The Balaban J connectivity index is 3.67. The normalized spacial score (nSPS) is 10.6. The minimum absolute atomic E-state index is 0.344. The van der Waals surface area contributed by atoms with Crippen molar-refractivity contribution in [1.82, 2.24) is 0 Å². The highest BCUT2D eigenvalue weighted by atomic mass is 16.5. The van der Waals surface area contributed by atoms with Gasteiger partial charge in [0.05, 0.1) is 12.9 Å². The van der Waals surface area contributed by atoms with Gasteiger partial charge in [0.2, 0.25) is 0 Å². The second kappa shape index (κ2) is 7.09. The van der Waals surface area contributed by atoms with Gasteiger partial charge in [-0.3, -0.25) is 4.79 Å². The van der Waals surface area contributed by atoms with Crippen LogP contribution in [0, 0.1) is 0 Å². The molecular weight excluding hydrogens is 172 g/mol. The molecule has 0 bridgehead atoms. The van der Waals surface area contributed by atoms with Crippen molar-refractivity contribution in [1.29, 1.82) is 0 Å². The Labute approximate surface area is 76.8 Å². The summed E-state index contributed by atoms with van der Waals surface area (Å²) < 4.78 is 9.06. The third-order valence-electron chi connectivity index (χ3n) is 0.943. The van der Waals surface area contributed by atoms with Gasteiger partial charge >= 0.3 is 11.9 Å². The van der Waals surface area contributed by atoms with Crippen molar-refractivity contribution in [3.05, 3.63) is 24.5 Å². The van der Waals surface area contributed by atoms with E-state index in [2.05, 4.69) is 9.47 Å². The minimum Gasteiger partial charge on any atom is -0.463 e. The van der Waals surface area contributed by atoms with E-state index in [0.29, 0.717) is 6.61 Å². The smallest absolute Gasteiger partial charge is 0.330 e. The number of esters is 2. The molecule has 0 unspecified atom stereocenters. The van der Waals surface area contributed by atoms with Crippen molar-refractivity contribution in [3.8, 4) is 0 Å². The van der Waals surface area contributed by atoms with E-state index in [-0.39, 0.29) is 0 Å². The number of carbonyl (C=O) groups excluding carboxylic acids is 2. The van der Waals surface area contributed by atoms with E-state index in [0.717, 1.165) is 0 Å². The fraction of sp³-hybridized carbons (Fsp3) is 0.333. The average molecular weight is 184 g/mol. The van der Waals surface area contributed by atoms with Crippen LogP contribution in [0.5, 0.6) is 0 Å². The molecule has 0 aliphatic heterocycles. The molecule has 0 heterocycles. The van der Waals surface area contributed by atoms with E-state index in [9.17, 15) is 9.59 Å². The molecule has 0 fully saturated rings. The third kappa shape index (κ3) is 8.33.